The summed E-state index contributed by atoms with van der Waals surface area (Å²) >= 11 is 0. The molecule has 0 bridgehead atoms. The van der Waals surface area contributed by atoms with Gasteiger partial charge in [0.25, 0.3) is 0 Å². The lowest BCUT2D eigenvalue weighted by atomic mass is 9.95. The van der Waals surface area contributed by atoms with E-state index in [1.807, 2.05) is 11.0 Å². The Morgan fingerprint density at radius 3 is 2.89 bits per heavy atom. The van der Waals surface area contributed by atoms with Crippen LogP contribution in [-0.2, 0) is 4.79 Å². The lowest BCUT2D eigenvalue weighted by Crippen LogP contribution is -2.51. The average Bonchev–Trinajstić information content (AvgIpc) is 2.37. The summed E-state index contributed by atoms with van der Waals surface area (Å²) in [5, 5.41) is 11.8. The number of nitrogens with zero attached hydrogens (tertiary/aromatic N) is 2. The van der Waals surface area contributed by atoms with Gasteiger partial charge in [-0.15, -0.1) is 0 Å². The molecule has 0 spiro atoms. The van der Waals surface area contributed by atoms with Crippen molar-refractivity contribution in [1.29, 1.82) is 5.26 Å². The molecule has 0 fully saturated rings. The highest BCUT2D eigenvalue weighted by Crippen LogP contribution is 2.36. The van der Waals surface area contributed by atoms with Gasteiger partial charge in [0.1, 0.15) is 0 Å². The van der Waals surface area contributed by atoms with Crippen molar-refractivity contribution in [3.8, 4) is 6.07 Å². The zero-order valence-electron chi connectivity index (χ0n) is 11.2. The first-order chi connectivity index (χ1) is 8.97. The van der Waals surface area contributed by atoms with E-state index in [4.69, 9.17) is 11.0 Å². The molecule has 1 aliphatic rings. The van der Waals surface area contributed by atoms with Crippen molar-refractivity contribution in [3.63, 3.8) is 0 Å². The molecule has 0 aromatic heterocycles. The zero-order chi connectivity index (χ0) is 14.0. The van der Waals surface area contributed by atoms with Gasteiger partial charge in [0, 0.05) is 5.54 Å². The fraction of sp³-hybridized carbons (Fsp3) is 0.429. The van der Waals surface area contributed by atoms with Gasteiger partial charge in [-0.25, -0.2) is 0 Å². The van der Waals surface area contributed by atoms with Crippen molar-refractivity contribution in [2.24, 2.45) is 5.73 Å². The maximum atomic E-state index is 11.8. The van der Waals surface area contributed by atoms with Crippen LogP contribution in [0.4, 0.5) is 11.4 Å². The number of benzene rings is 1. The molecule has 1 amide bonds. The van der Waals surface area contributed by atoms with Crippen LogP contribution in [-0.4, -0.2) is 24.5 Å². The van der Waals surface area contributed by atoms with Crippen molar-refractivity contribution in [2.75, 3.05) is 23.3 Å². The number of nitrogens with one attached hydrogen (secondary N) is 1. The summed E-state index contributed by atoms with van der Waals surface area (Å²) in [6.45, 7) is 4.95. The van der Waals surface area contributed by atoms with E-state index in [0.29, 0.717) is 12.1 Å². The summed E-state index contributed by atoms with van der Waals surface area (Å²) in [5.74, 6) is -0.0395. The minimum absolute atomic E-state index is 0.0395. The van der Waals surface area contributed by atoms with Gasteiger partial charge in [-0.2, -0.15) is 5.26 Å². The molecule has 0 saturated heterocycles. The molecule has 1 aliphatic heterocycles. The van der Waals surface area contributed by atoms with E-state index in [9.17, 15) is 4.79 Å². The van der Waals surface area contributed by atoms with Crippen molar-refractivity contribution in [3.05, 3.63) is 23.8 Å². The maximum Gasteiger partial charge on any atom is 0.243 e. The summed E-state index contributed by atoms with van der Waals surface area (Å²) in [6, 6.07) is 7.42. The molecule has 0 radical (unpaired) electrons. The summed E-state index contributed by atoms with van der Waals surface area (Å²) in [6.07, 6.45) is 0.774. The molecule has 0 atom stereocenters. The van der Waals surface area contributed by atoms with Crippen LogP contribution in [0.5, 0.6) is 0 Å². The highest BCUT2D eigenvalue weighted by atomic mass is 16.2. The Morgan fingerprint density at radius 2 is 2.26 bits per heavy atom. The van der Waals surface area contributed by atoms with Crippen molar-refractivity contribution in [1.82, 2.24) is 0 Å². The van der Waals surface area contributed by atoms with Gasteiger partial charge in [-0.05, 0) is 45.0 Å². The molecule has 5 nitrogen and oxygen atoms in total. The number of carbonyl (C=O) groups excluding carboxylic acids is 1. The number of anilines is 2. The fourth-order valence-electron chi connectivity index (χ4n) is 2.38. The van der Waals surface area contributed by atoms with E-state index >= 15 is 0 Å². The fourth-order valence-corrected chi connectivity index (χ4v) is 2.38. The van der Waals surface area contributed by atoms with Crippen LogP contribution in [0, 0.1) is 11.3 Å². The lowest BCUT2D eigenvalue weighted by molar-refractivity contribution is -0.115. The van der Waals surface area contributed by atoms with Crippen LogP contribution >= 0.6 is 0 Å². The minimum Gasteiger partial charge on any atom is -0.355 e. The van der Waals surface area contributed by atoms with E-state index in [0.717, 1.165) is 17.8 Å². The average molecular weight is 258 g/mol. The van der Waals surface area contributed by atoms with E-state index in [1.54, 1.807) is 12.1 Å². The number of nitrogens with two attached hydrogens (primary N) is 1. The summed E-state index contributed by atoms with van der Waals surface area (Å²) in [5.41, 5.74) is 7.65. The van der Waals surface area contributed by atoms with Crippen molar-refractivity contribution < 1.29 is 4.79 Å². The third-order valence-electron chi connectivity index (χ3n) is 3.48. The van der Waals surface area contributed by atoms with Crippen LogP contribution in [0.25, 0.3) is 0 Å². The summed E-state index contributed by atoms with van der Waals surface area (Å²) < 4.78 is 0. The SMILES string of the molecule is CC(C)(CCN)N1CC(=O)Nc2ccc(C#N)cc21. The first-order valence-electron chi connectivity index (χ1n) is 6.29. The molecule has 0 unspecified atom stereocenters. The molecule has 5 heteroatoms. The Labute approximate surface area is 113 Å². The van der Waals surface area contributed by atoms with Gasteiger partial charge in [0.15, 0.2) is 0 Å². The number of hydrogen-bond donors (Lipinski definition) is 2. The normalized spacial score (nSPS) is 14.6. The van der Waals surface area contributed by atoms with E-state index in [-0.39, 0.29) is 18.0 Å². The molecule has 1 aromatic rings. The van der Waals surface area contributed by atoms with Crippen LogP contribution < -0.4 is 16.0 Å². The highest BCUT2D eigenvalue weighted by Gasteiger charge is 2.32. The number of carbonyl (C=O) groups is 1. The molecule has 3 N–H and O–H groups in total. The second-order valence-electron chi connectivity index (χ2n) is 5.33. The summed E-state index contributed by atoms with van der Waals surface area (Å²) in [7, 11) is 0. The van der Waals surface area contributed by atoms with Crippen LogP contribution in [0.1, 0.15) is 25.8 Å². The third kappa shape index (κ3) is 2.54. The van der Waals surface area contributed by atoms with Crippen LogP contribution in [0.2, 0.25) is 0 Å². The molecule has 100 valence electrons. The lowest BCUT2D eigenvalue weighted by Gasteiger charge is -2.43. The molecule has 19 heavy (non-hydrogen) atoms. The Kier molecular flexibility index (Phi) is 3.45. The number of amides is 1. The molecular formula is C14H18N4O. The summed E-state index contributed by atoms with van der Waals surface area (Å²) in [4.78, 5) is 13.8. The Morgan fingerprint density at radius 1 is 1.53 bits per heavy atom. The number of rotatable bonds is 3. The van der Waals surface area contributed by atoms with Crippen molar-refractivity contribution >= 4 is 17.3 Å². The van der Waals surface area contributed by atoms with Gasteiger partial charge >= 0.3 is 0 Å². The molecule has 2 rings (SSSR count). The molecule has 0 saturated carbocycles. The predicted octanol–water partition coefficient (Wildman–Crippen LogP) is 1.44. The van der Waals surface area contributed by atoms with Gasteiger partial charge in [0.05, 0.1) is 29.6 Å². The Bertz CT molecular complexity index is 545. The molecule has 1 aromatic carbocycles. The molecule has 1 heterocycles. The van der Waals surface area contributed by atoms with Gasteiger partial charge in [-0.3, -0.25) is 4.79 Å². The van der Waals surface area contributed by atoms with E-state index in [1.165, 1.54) is 0 Å². The standard InChI is InChI=1S/C14H18N4O/c1-14(2,5-6-15)18-9-13(19)17-11-4-3-10(8-16)7-12(11)18/h3-4,7H,5-6,9,15H2,1-2H3,(H,17,19). The second-order valence-corrected chi connectivity index (χ2v) is 5.33. The van der Waals surface area contributed by atoms with Gasteiger partial charge in [-0.1, -0.05) is 0 Å². The van der Waals surface area contributed by atoms with Crippen LogP contribution in [0.3, 0.4) is 0 Å². The van der Waals surface area contributed by atoms with Crippen LogP contribution in [0.15, 0.2) is 18.2 Å². The van der Waals surface area contributed by atoms with Crippen molar-refractivity contribution in [2.45, 2.75) is 25.8 Å². The zero-order valence-corrected chi connectivity index (χ0v) is 11.2. The Hall–Kier alpha value is -2.06. The predicted molar refractivity (Wildman–Crippen MR) is 74.9 cm³/mol. The first kappa shape index (κ1) is 13.4. The largest absolute Gasteiger partial charge is 0.355 e. The maximum absolute atomic E-state index is 11.8. The minimum atomic E-state index is -0.227. The number of nitriles is 1. The molecular weight excluding hydrogens is 240 g/mol. The van der Waals surface area contributed by atoms with E-state index < -0.39 is 0 Å². The topological polar surface area (TPSA) is 82.2 Å². The highest BCUT2D eigenvalue weighted by molar-refractivity contribution is 6.01. The number of hydrogen-bond acceptors (Lipinski definition) is 4. The van der Waals surface area contributed by atoms with E-state index in [2.05, 4.69) is 25.2 Å². The number of fused-ring (bicyclic) bond motifs is 1. The first-order valence-corrected chi connectivity index (χ1v) is 6.29. The van der Waals surface area contributed by atoms with Gasteiger partial charge < -0.3 is 16.0 Å². The Balaban J connectivity index is 2.48. The smallest absolute Gasteiger partial charge is 0.243 e. The monoisotopic (exact) mass is 258 g/mol. The quantitative estimate of drug-likeness (QED) is 0.859. The third-order valence-corrected chi connectivity index (χ3v) is 3.48. The van der Waals surface area contributed by atoms with Gasteiger partial charge in [0.2, 0.25) is 5.91 Å². The molecule has 0 aliphatic carbocycles. The second kappa shape index (κ2) is 4.90.